The van der Waals surface area contributed by atoms with Crippen LogP contribution in [-0.4, -0.2) is 60.1 Å². The Kier molecular flexibility index (Phi) is 9.68. The summed E-state index contributed by atoms with van der Waals surface area (Å²) in [5.41, 5.74) is 0.916. The van der Waals surface area contributed by atoms with Crippen molar-refractivity contribution in [1.82, 2.24) is 15.5 Å². The third-order valence-electron chi connectivity index (χ3n) is 5.45. The first-order chi connectivity index (χ1) is 16.3. The maximum Gasteiger partial charge on any atom is 0.408 e. The molecule has 2 N–H and O–H groups in total. The fourth-order valence-corrected chi connectivity index (χ4v) is 3.71. The van der Waals surface area contributed by atoms with Gasteiger partial charge in [0.25, 0.3) is 0 Å². The quantitative estimate of drug-likeness (QED) is 0.488. The summed E-state index contributed by atoms with van der Waals surface area (Å²) in [5, 5.41) is 5.32. The Balaban J connectivity index is 2.41. The number of ether oxygens (including phenoxy) is 2. The average molecular weight is 490 g/mol. The van der Waals surface area contributed by atoms with Crippen molar-refractivity contribution in [3.63, 3.8) is 0 Å². The first-order valence-electron chi connectivity index (χ1n) is 12.0. The van der Waals surface area contributed by atoms with Gasteiger partial charge in [-0.3, -0.25) is 14.4 Å². The SMILES string of the molecule is COC(=O)CNC(=O)C(c1ccc(C)cc1)N(C(=O)C(CC(C)C)NC(=O)OC(C)(C)C)C1CC1. The lowest BCUT2D eigenvalue weighted by molar-refractivity contribution is -0.145. The molecule has 1 aromatic carbocycles. The first-order valence-corrected chi connectivity index (χ1v) is 12.0. The number of esters is 1. The molecule has 9 nitrogen and oxygen atoms in total. The maximum atomic E-state index is 13.9. The van der Waals surface area contributed by atoms with Crippen LogP contribution in [0.15, 0.2) is 24.3 Å². The van der Waals surface area contributed by atoms with Crippen LogP contribution in [-0.2, 0) is 23.9 Å². The monoisotopic (exact) mass is 489 g/mol. The van der Waals surface area contributed by atoms with Gasteiger partial charge in [-0.2, -0.15) is 0 Å². The number of nitrogens with one attached hydrogen (secondary N) is 2. The third kappa shape index (κ3) is 8.88. The van der Waals surface area contributed by atoms with Crippen LogP contribution in [0.5, 0.6) is 0 Å². The van der Waals surface area contributed by atoms with E-state index < -0.39 is 35.7 Å². The van der Waals surface area contributed by atoms with Crippen LogP contribution in [0, 0.1) is 12.8 Å². The van der Waals surface area contributed by atoms with Gasteiger partial charge in [-0.25, -0.2) is 4.79 Å². The number of amides is 3. The molecule has 1 aliphatic rings. The van der Waals surface area contributed by atoms with E-state index in [1.807, 2.05) is 32.9 Å². The predicted octanol–water partition coefficient (Wildman–Crippen LogP) is 3.26. The van der Waals surface area contributed by atoms with E-state index >= 15 is 0 Å². The van der Waals surface area contributed by atoms with Crippen LogP contribution in [0.1, 0.15) is 71.0 Å². The Morgan fingerprint density at radius 2 is 1.69 bits per heavy atom. The average Bonchev–Trinajstić information content (AvgIpc) is 3.58. The summed E-state index contributed by atoms with van der Waals surface area (Å²) in [4.78, 5) is 53.0. The molecule has 1 saturated carbocycles. The van der Waals surface area contributed by atoms with Crippen molar-refractivity contribution in [1.29, 1.82) is 0 Å². The first kappa shape index (κ1) is 28.1. The largest absolute Gasteiger partial charge is 0.468 e. The van der Waals surface area contributed by atoms with Crippen LogP contribution >= 0.6 is 0 Å². The minimum Gasteiger partial charge on any atom is -0.468 e. The molecule has 0 spiro atoms. The second kappa shape index (κ2) is 12.0. The fraction of sp³-hybridized carbons (Fsp3) is 0.615. The zero-order chi connectivity index (χ0) is 26.3. The van der Waals surface area contributed by atoms with Crippen molar-refractivity contribution in [2.75, 3.05) is 13.7 Å². The van der Waals surface area contributed by atoms with Crippen molar-refractivity contribution in [2.45, 2.75) is 84.5 Å². The summed E-state index contributed by atoms with van der Waals surface area (Å²) in [6.07, 6.45) is 1.19. The lowest BCUT2D eigenvalue weighted by atomic mass is 9.98. The molecular weight excluding hydrogens is 450 g/mol. The Labute approximate surface area is 207 Å². The minimum atomic E-state index is -0.963. The van der Waals surface area contributed by atoms with Crippen LogP contribution < -0.4 is 10.6 Å². The second-order valence-corrected chi connectivity index (χ2v) is 10.4. The number of hydrogen-bond acceptors (Lipinski definition) is 6. The summed E-state index contributed by atoms with van der Waals surface area (Å²) >= 11 is 0. The van der Waals surface area contributed by atoms with Crippen LogP contribution in [0.25, 0.3) is 0 Å². The summed E-state index contributed by atoms with van der Waals surface area (Å²) in [6.45, 7) is 10.8. The lowest BCUT2D eigenvalue weighted by Gasteiger charge is -2.35. The molecule has 0 radical (unpaired) electrons. The van der Waals surface area contributed by atoms with E-state index in [-0.39, 0.29) is 24.4 Å². The molecule has 3 amide bonds. The van der Waals surface area contributed by atoms with Crippen LogP contribution in [0.4, 0.5) is 4.79 Å². The van der Waals surface area contributed by atoms with E-state index in [0.717, 1.165) is 18.4 Å². The van der Waals surface area contributed by atoms with Crippen LogP contribution in [0.2, 0.25) is 0 Å². The smallest absolute Gasteiger partial charge is 0.408 e. The number of hydrogen-bond donors (Lipinski definition) is 2. The molecular formula is C26H39N3O6. The second-order valence-electron chi connectivity index (χ2n) is 10.4. The summed E-state index contributed by atoms with van der Waals surface area (Å²) in [6, 6.07) is 5.37. The van der Waals surface area contributed by atoms with Crippen molar-refractivity contribution in [2.24, 2.45) is 5.92 Å². The molecule has 0 saturated heterocycles. The molecule has 1 aliphatic carbocycles. The van der Waals surface area contributed by atoms with Gasteiger partial charge in [0.15, 0.2) is 0 Å². The highest BCUT2D eigenvalue weighted by Crippen LogP contribution is 2.36. The number of methoxy groups -OCH3 is 1. The van der Waals surface area contributed by atoms with Gasteiger partial charge in [-0.15, -0.1) is 0 Å². The van der Waals surface area contributed by atoms with E-state index in [0.29, 0.717) is 12.0 Å². The number of carbonyl (C=O) groups excluding carboxylic acids is 4. The Bertz CT molecular complexity index is 903. The van der Waals surface area contributed by atoms with Gasteiger partial charge >= 0.3 is 12.1 Å². The third-order valence-corrected chi connectivity index (χ3v) is 5.45. The molecule has 194 valence electrons. The number of nitrogens with zero attached hydrogens (tertiary/aromatic N) is 1. The molecule has 0 aromatic heterocycles. The standard InChI is InChI=1S/C26H39N3O6/c1-16(2)14-20(28-25(33)35-26(4,5)6)24(32)29(19-12-13-19)22(18-10-8-17(3)9-11-18)23(31)27-15-21(30)34-7/h8-11,16,19-20,22H,12-15H2,1-7H3,(H,27,31)(H,28,33). The molecule has 0 aliphatic heterocycles. The van der Waals surface area contributed by atoms with E-state index in [9.17, 15) is 19.2 Å². The lowest BCUT2D eigenvalue weighted by Crippen LogP contribution is -2.54. The number of rotatable bonds is 10. The van der Waals surface area contributed by atoms with E-state index in [1.165, 1.54) is 7.11 Å². The topological polar surface area (TPSA) is 114 Å². The highest BCUT2D eigenvalue weighted by atomic mass is 16.6. The number of aryl methyl sites for hydroxylation is 1. The molecule has 0 heterocycles. The van der Waals surface area contributed by atoms with Crippen molar-refractivity contribution in [3.05, 3.63) is 35.4 Å². The Morgan fingerprint density at radius 1 is 1.09 bits per heavy atom. The molecule has 1 fully saturated rings. The van der Waals surface area contributed by atoms with Crippen molar-refractivity contribution < 1.29 is 28.7 Å². The van der Waals surface area contributed by atoms with Crippen molar-refractivity contribution in [3.8, 4) is 0 Å². The van der Waals surface area contributed by atoms with Gasteiger partial charge in [0.05, 0.1) is 7.11 Å². The Hall–Kier alpha value is -3.10. The molecule has 0 bridgehead atoms. The minimum absolute atomic E-state index is 0.103. The highest BCUT2D eigenvalue weighted by molar-refractivity contribution is 5.93. The molecule has 2 rings (SSSR count). The van der Waals surface area contributed by atoms with Gasteiger partial charge in [-0.05, 0) is 58.4 Å². The fourth-order valence-electron chi connectivity index (χ4n) is 3.71. The van der Waals surface area contributed by atoms with E-state index in [4.69, 9.17) is 4.74 Å². The molecule has 9 heteroatoms. The van der Waals surface area contributed by atoms with Crippen LogP contribution in [0.3, 0.4) is 0 Å². The molecule has 35 heavy (non-hydrogen) atoms. The zero-order valence-corrected chi connectivity index (χ0v) is 21.8. The normalized spacial score (nSPS) is 15.1. The zero-order valence-electron chi connectivity index (χ0n) is 21.8. The van der Waals surface area contributed by atoms with Gasteiger partial charge in [0, 0.05) is 6.04 Å². The maximum absolute atomic E-state index is 13.9. The van der Waals surface area contributed by atoms with Gasteiger partial charge in [-0.1, -0.05) is 43.7 Å². The molecule has 2 atom stereocenters. The number of alkyl carbamates (subject to hydrolysis) is 1. The van der Waals surface area contributed by atoms with Gasteiger partial charge < -0.3 is 25.0 Å². The van der Waals surface area contributed by atoms with Gasteiger partial charge in [0.1, 0.15) is 24.2 Å². The summed E-state index contributed by atoms with van der Waals surface area (Å²) in [5.74, 6) is -1.33. The summed E-state index contributed by atoms with van der Waals surface area (Å²) in [7, 11) is 1.24. The summed E-state index contributed by atoms with van der Waals surface area (Å²) < 4.78 is 10.0. The van der Waals surface area contributed by atoms with E-state index in [2.05, 4.69) is 15.4 Å². The van der Waals surface area contributed by atoms with Gasteiger partial charge in [0.2, 0.25) is 11.8 Å². The molecule has 1 aromatic rings. The van der Waals surface area contributed by atoms with Crippen molar-refractivity contribution >= 4 is 23.9 Å². The predicted molar refractivity (Wildman–Crippen MR) is 131 cm³/mol. The number of carbonyl (C=O) groups is 4. The Morgan fingerprint density at radius 3 is 2.17 bits per heavy atom. The highest BCUT2D eigenvalue weighted by Gasteiger charge is 2.44. The molecule has 2 unspecified atom stereocenters. The number of benzene rings is 1. The van der Waals surface area contributed by atoms with E-state index in [1.54, 1.807) is 37.8 Å².